The summed E-state index contributed by atoms with van der Waals surface area (Å²) in [4.78, 5) is 0. The van der Waals surface area contributed by atoms with Gasteiger partial charge in [-0.1, -0.05) is 287 Å². The minimum absolute atomic E-state index is 0.320. The van der Waals surface area contributed by atoms with Gasteiger partial charge in [-0.3, -0.25) is 0 Å². The topological polar surface area (TPSA) is 36.9 Å². The quantitative estimate of drug-likeness (QED) is 0.0441. The molecule has 0 amide bonds. The normalized spacial score (nSPS) is 14.0. The lowest BCUT2D eigenvalue weighted by Crippen LogP contribution is -2.43. The maximum absolute atomic E-state index is 6.61. The summed E-state index contributed by atoms with van der Waals surface area (Å²) < 4.78 is 26.4. The second-order valence-electron chi connectivity index (χ2n) is 23.1. The summed E-state index contributed by atoms with van der Waals surface area (Å²) in [6.07, 6.45) is 54.5. The Balaban J connectivity index is 6.19. The Morgan fingerprint density at radius 3 is 0.589 bits per heavy atom. The Kier molecular flexibility index (Phi) is 53.2. The van der Waals surface area contributed by atoms with Crippen molar-refractivity contribution in [3.63, 3.8) is 0 Å². The van der Waals surface area contributed by atoms with Crippen LogP contribution in [0.3, 0.4) is 0 Å². The fraction of sp³-hybridized carbons (Fsp3) is 0.938. The van der Waals surface area contributed by atoms with Gasteiger partial charge in [0.15, 0.2) is 20.2 Å². The minimum atomic E-state index is -0.688. The average Bonchev–Trinajstić information content (AvgIpc) is 3.39. The third-order valence-corrected chi connectivity index (χ3v) is 17.1. The summed E-state index contributed by atoms with van der Waals surface area (Å²) in [5, 5.41) is 2.66. The van der Waals surface area contributed by atoms with Crippen LogP contribution in [0.15, 0.2) is 0 Å². The van der Waals surface area contributed by atoms with Crippen molar-refractivity contribution in [2.75, 3.05) is 26.4 Å². The molecule has 0 bridgehead atoms. The summed E-state index contributed by atoms with van der Waals surface area (Å²) in [7, 11) is 0. The van der Waals surface area contributed by atoms with E-state index in [1.54, 1.807) is 0 Å². The molecule has 0 rings (SSSR count). The fourth-order valence-corrected chi connectivity index (χ4v) is 11.5. The molecule has 0 aromatic carbocycles. The average molecular weight is 1100 g/mol. The van der Waals surface area contributed by atoms with Crippen LogP contribution in [0.1, 0.15) is 338 Å². The summed E-state index contributed by atoms with van der Waals surface area (Å²) in [6, 6.07) is 0. The van der Waals surface area contributed by atoms with E-state index in [9.17, 15) is 0 Å². The second-order valence-corrected chi connectivity index (χ2v) is 25.0. The first kappa shape index (κ1) is 72.6. The van der Waals surface area contributed by atoms with E-state index in [0.717, 1.165) is 75.0 Å². The zero-order valence-corrected chi connectivity index (χ0v) is 53.3. The lowest BCUT2D eigenvalue weighted by molar-refractivity contribution is -0.0163. The zero-order chi connectivity index (χ0) is 53.9. The summed E-state index contributed by atoms with van der Waals surface area (Å²) in [6.45, 7) is 19.8. The summed E-state index contributed by atoms with van der Waals surface area (Å²) in [5.74, 6) is 3.30. The van der Waals surface area contributed by atoms with E-state index < -0.39 is 5.41 Å². The lowest BCUT2D eigenvalue weighted by Gasteiger charge is -2.33. The number of hydrogen-bond donors (Lipinski definition) is 0. The van der Waals surface area contributed by atoms with Gasteiger partial charge in [0, 0.05) is 25.7 Å². The van der Waals surface area contributed by atoms with Crippen LogP contribution in [-0.2, 0) is 18.9 Å². The maximum atomic E-state index is 6.61. The molecule has 0 aliphatic rings. The van der Waals surface area contributed by atoms with Crippen molar-refractivity contribution in [1.82, 2.24) is 0 Å². The Labute approximate surface area is 478 Å². The van der Waals surface area contributed by atoms with Gasteiger partial charge in [0.05, 0.1) is 0 Å². The van der Waals surface area contributed by atoms with Crippen LogP contribution in [0.25, 0.3) is 0 Å². The van der Waals surface area contributed by atoms with Gasteiger partial charge in [-0.15, -0.1) is 0 Å². The van der Waals surface area contributed by atoms with Gasteiger partial charge in [-0.05, 0) is 98.2 Å². The van der Waals surface area contributed by atoms with E-state index in [0.29, 0.717) is 46.6 Å². The molecule has 0 aromatic rings. The first-order valence-corrected chi connectivity index (χ1v) is 33.8. The Bertz CT molecular complexity index is 1070. The largest absolute Gasteiger partial charge is 0.486 e. The maximum Gasteiger partial charge on any atom is 0.159 e. The molecule has 8 heteroatoms. The Morgan fingerprint density at radius 1 is 0.247 bits per heavy atom. The Morgan fingerprint density at radius 2 is 0.411 bits per heavy atom. The summed E-state index contributed by atoms with van der Waals surface area (Å²) >= 11 is 24.0. The molecule has 0 radical (unpaired) electrons. The van der Waals surface area contributed by atoms with E-state index in [-0.39, 0.29) is 0 Å². The van der Waals surface area contributed by atoms with E-state index >= 15 is 0 Å². The molecule has 0 spiro atoms. The number of thiocarbonyl (C=S) groups is 4. The van der Waals surface area contributed by atoms with Gasteiger partial charge >= 0.3 is 0 Å². The molecule has 0 saturated heterocycles. The third-order valence-electron chi connectivity index (χ3n) is 15.9. The molecule has 4 unspecified atom stereocenters. The SMILES string of the molecule is CCCCCC(CCCC)CCCCC(=S)OCC(COC(=S)CCCCC(CCCC)CCCCC)(COC(=S)CCCCC(CCCC)CCCCC)COC(=S)CCCCC(CCCC)CCCCC. The highest BCUT2D eigenvalue weighted by atomic mass is 32.1. The van der Waals surface area contributed by atoms with E-state index in [2.05, 4.69) is 55.4 Å². The monoisotopic (exact) mass is 1100 g/mol. The van der Waals surface area contributed by atoms with Crippen LogP contribution in [-0.4, -0.2) is 46.6 Å². The second kappa shape index (κ2) is 53.6. The van der Waals surface area contributed by atoms with Crippen LogP contribution in [0.5, 0.6) is 0 Å². The predicted octanol–water partition coefficient (Wildman–Crippen LogP) is 23.1. The third kappa shape index (κ3) is 45.2. The van der Waals surface area contributed by atoms with Crippen LogP contribution in [0.2, 0.25) is 0 Å². The van der Waals surface area contributed by atoms with E-state index in [4.69, 9.17) is 67.8 Å². The number of rotatable bonds is 56. The highest BCUT2D eigenvalue weighted by molar-refractivity contribution is 7.80. The van der Waals surface area contributed by atoms with Gasteiger partial charge in [0.2, 0.25) is 0 Å². The molecule has 432 valence electrons. The molecule has 0 heterocycles. The van der Waals surface area contributed by atoms with Gasteiger partial charge in [0.25, 0.3) is 0 Å². The van der Waals surface area contributed by atoms with Gasteiger partial charge < -0.3 is 18.9 Å². The predicted molar refractivity (Wildman–Crippen MR) is 339 cm³/mol. The van der Waals surface area contributed by atoms with Crippen LogP contribution >= 0.6 is 48.9 Å². The van der Waals surface area contributed by atoms with Crippen molar-refractivity contribution < 1.29 is 18.9 Å². The summed E-state index contributed by atoms with van der Waals surface area (Å²) in [5.41, 5.74) is -0.688. The molecular weight excluding hydrogens is 973 g/mol. The fourth-order valence-electron chi connectivity index (χ4n) is 10.7. The minimum Gasteiger partial charge on any atom is -0.486 e. The zero-order valence-electron chi connectivity index (χ0n) is 50.0. The van der Waals surface area contributed by atoms with Crippen molar-refractivity contribution in [3.8, 4) is 0 Å². The van der Waals surface area contributed by atoms with Crippen molar-refractivity contribution in [1.29, 1.82) is 0 Å². The molecule has 4 atom stereocenters. The van der Waals surface area contributed by atoms with Crippen molar-refractivity contribution >= 4 is 69.1 Å². The number of unbranched alkanes of at least 4 members (excludes halogenated alkanes) is 16. The standard InChI is InChI=1S/C65H124O4S4/c1-9-17-25-41-57(37-21-13-5)45-29-33-49-61(70)66-53-65(54-67-62(71)50-34-30-46-58(38-22-14-6)42-26-18-10-2,55-68-63(72)51-35-31-47-59(39-23-15-7)43-27-19-11-3)56-69-64(73)52-36-32-48-60(40-24-16-8)44-28-20-12-4/h57-60H,9-56H2,1-8H3. The number of ether oxygens (including phenoxy) is 4. The van der Waals surface area contributed by atoms with E-state index in [1.807, 2.05) is 0 Å². The smallest absolute Gasteiger partial charge is 0.159 e. The van der Waals surface area contributed by atoms with Crippen molar-refractivity contribution in [2.24, 2.45) is 29.1 Å². The molecule has 0 N–H and O–H groups in total. The van der Waals surface area contributed by atoms with E-state index in [1.165, 1.54) is 231 Å². The first-order valence-electron chi connectivity index (χ1n) is 32.2. The molecule has 73 heavy (non-hydrogen) atoms. The lowest BCUT2D eigenvalue weighted by atomic mass is 9.90. The van der Waals surface area contributed by atoms with Crippen LogP contribution < -0.4 is 0 Å². The van der Waals surface area contributed by atoms with Crippen LogP contribution in [0, 0.1) is 29.1 Å². The van der Waals surface area contributed by atoms with Gasteiger partial charge in [0.1, 0.15) is 31.8 Å². The molecule has 4 nitrogen and oxygen atoms in total. The molecule has 0 aliphatic heterocycles. The Hall–Kier alpha value is -0.440. The molecule has 0 saturated carbocycles. The molecule has 0 fully saturated rings. The van der Waals surface area contributed by atoms with Crippen molar-refractivity contribution in [3.05, 3.63) is 0 Å². The molecule has 0 aliphatic carbocycles. The van der Waals surface area contributed by atoms with Gasteiger partial charge in [-0.25, -0.2) is 0 Å². The molecular formula is C65H124O4S4. The van der Waals surface area contributed by atoms with Gasteiger partial charge in [-0.2, -0.15) is 0 Å². The van der Waals surface area contributed by atoms with Crippen LogP contribution in [0.4, 0.5) is 0 Å². The highest BCUT2D eigenvalue weighted by Crippen LogP contribution is 2.29. The highest BCUT2D eigenvalue weighted by Gasteiger charge is 2.37. The molecule has 0 aromatic heterocycles. The first-order chi connectivity index (χ1) is 35.5. The number of hydrogen-bond acceptors (Lipinski definition) is 8. The van der Waals surface area contributed by atoms with Crippen molar-refractivity contribution in [2.45, 2.75) is 338 Å².